The Bertz CT molecular complexity index is 742. The Morgan fingerprint density at radius 1 is 1.28 bits per heavy atom. The van der Waals surface area contributed by atoms with E-state index in [0.29, 0.717) is 54.5 Å². The van der Waals surface area contributed by atoms with Crippen molar-refractivity contribution in [2.24, 2.45) is 0 Å². The SMILES string of the molecule is CCOC(=O)c1c(C)nc(NCCCc2cccc(O)c2F)nc1C. The zero-order valence-electron chi connectivity index (χ0n) is 14.6. The average molecular weight is 347 g/mol. The maximum atomic E-state index is 13.7. The molecule has 1 aromatic carbocycles. The Kier molecular flexibility index (Phi) is 6.27. The number of rotatable bonds is 7. The van der Waals surface area contributed by atoms with Crippen LogP contribution in [0.4, 0.5) is 10.3 Å². The highest BCUT2D eigenvalue weighted by molar-refractivity contribution is 5.91. The molecule has 7 heteroatoms. The molecule has 1 heterocycles. The van der Waals surface area contributed by atoms with Gasteiger partial charge in [0.05, 0.1) is 18.0 Å². The highest BCUT2D eigenvalue weighted by atomic mass is 19.1. The van der Waals surface area contributed by atoms with Crippen LogP contribution in [-0.4, -0.2) is 34.2 Å². The van der Waals surface area contributed by atoms with Crippen molar-refractivity contribution in [3.05, 3.63) is 46.5 Å². The number of aromatic nitrogens is 2. The van der Waals surface area contributed by atoms with Crippen molar-refractivity contribution in [2.45, 2.75) is 33.6 Å². The van der Waals surface area contributed by atoms with Crippen LogP contribution in [0.2, 0.25) is 0 Å². The number of carbonyl (C=O) groups excluding carboxylic acids is 1. The number of esters is 1. The minimum atomic E-state index is -0.579. The Hall–Kier alpha value is -2.70. The van der Waals surface area contributed by atoms with Gasteiger partial charge >= 0.3 is 5.97 Å². The van der Waals surface area contributed by atoms with Crippen LogP contribution in [0.3, 0.4) is 0 Å². The van der Waals surface area contributed by atoms with Crippen molar-refractivity contribution >= 4 is 11.9 Å². The van der Waals surface area contributed by atoms with Crippen LogP contribution >= 0.6 is 0 Å². The van der Waals surface area contributed by atoms with Gasteiger partial charge in [0.15, 0.2) is 11.6 Å². The lowest BCUT2D eigenvalue weighted by Crippen LogP contribution is -2.14. The molecule has 2 aromatic rings. The number of phenols is 1. The van der Waals surface area contributed by atoms with Gasteiger partial charge in [-0.2, -0.15) is 0 Å². The van der Waals surface area contributed by atoms with E-state index >= 15 is 0 Å². The molecule has 2 N–H and O–H groups in total. The lowest BCUT2D eigenvalue weighted by Gasteiger charge is -2.11. The Labute approximate surface area is 146 Å². The Morgan fingerprint density at radius 2 is 1.96 bits per heavy atom. The predicted molar refractivity (Wildman–Crippen MR) is 92.3 cm³/mol. The number of aromatic hydroxyl groups is 1. The number of aryl methyl sites for hydroxylation is 3. The van der Waals surface area contributed by atoms with Crippen LogP contribution in [0.25, 0.3) is 0 Å². The van der Waals surface area contributed by atoms with E-state index in [0.717, 1.165) is 0 Å². The molecule has 1 aromatic heterocycles. The first-order valence-electron chi connectivity index (χ1n) is 8.16. The van der Waals surface area contributed by atoms with Crippen LogP contribution in [0.5, 0.6) is 5.75 Å². The van der Waals surface area contributed by atoms with Gasteiger partial charge in [-0.3, -0.25) is 0 Å². The molecule has 2 rings (SSSR count). The number of ether oxygens (including phenoxy) is 1. The molecule has 0 fully saturated rings. The molecule has 0 aliphatic rings. The zero-order valence-corrected chi connectivity index (χ0v) is 14.6. The van der Waals surface area contributed by atoms with Gasteiger partial charge in [0.2, 0.25) is 5.95 Å². The number of anilines is 1. The van der Waals surface area contributed by atoms with E-state index in [9.17, 15) is 14.3 Å². The van der Waals surface area contributed by atoms with Crippen LogP contribution < -0.4 is 5.32 Å². The third kappa shape index (κ3) is 4.65. The fourth-order valence-electron chi connectivity index (χ4n) is 2.53. The first-order valence-corrected chi connectivity index (χ1v) is 8.16. The van der Waals surface area contributed by atoms with E-state index in [2.05, 4.69) is 15.3 Å². The van der Waals surface area contributed by atoms with E-state index < -0.39 is 11.8 Å². The molecule has 0 radical (unpaired) electrons. The second kappa shape index (κ2) is 8.41. The molecule has 0 saturated heterocycles. The van der Waals surface area contributed by atoms with Crippen LogP contribution in [0.15, 0.2) is 18.2 Å². The van der Waals surface area contributed by atoms with Crippen LogP contribution in [0.1, 0.15) is 40.7 Å². The van der Waals surface area contributed by atoms with Gasteiger partial charge in [-0.15, -0.1) is 0 Å². The summed E-state index contributed by atoms with van der Waals surface area (Å²) < 4.78 is 18.7. The first-order chi connectivity index (χ1) is 11.9. The van der Waals surface area contributed by atoms with Crippen molar-refractivity contribution in [3.8, 4) is 5.75 Å². The molecule has 0 aliphatic carbocycles. The number of phenolic OH excluding ortho intramolecular Hbond substituents is 1. The van der Waals surface area contributed by atoms with Crippen molar-refractivity contribution in [1.29, 1.82) is 0 Å². The summed E-state index contributed by atoms with van der Waals surface area (Å²) in [5.41, 5.74) is 1.95. The lowest BCUT2D eigenvalue weighted by molar-refractivity contribution is 0.0523. The van der Waals surface area contributed by atoms with Gasteiger partial charge in [-0.1, -0.05) is 12.1 Å². The number of nitrogens with zero attached hydrogens (tertiary/aromatic N) is 2. The third-order valence-corrected chi connectivity index (χ3v) is 3.71. The van der Waals surface area contributed by atoms with E-state index in [1.54, 1.807) is 32.9 Å². The summed E-state index contributed by atoms with van der Waals surface area (Å²) in [6.07, 6.45) is 1.12. The van der Waals surface area contributed by atoms with E-state index in [1.807, 2.05) is 0 Å². The molecule has 134 valence electrons. The molecule has 0 spiro atoms. The molecule has 0 saturated carbocycles. The number of nitrogens with one attached hydrogen (secondary N) is 1. The van der Waals surface area contributed by atoms with E-state index in [1.165, 1.54) is 6.07 Å². The number of halogens is 1. The topological polar surface area (TPSA) is 84.3 Å². The number of hydrogen-bond donors (Lipinski definition) is 2. The Morgan fingerprint density at radius 3 is 2.60 bits per heavy atom. The van der Waals surface area contributed by atoms with Gasteiger partial charge in [-0.05, 0) is 45.2 Å². The number of benzene rings is 1. The number of carbonyl (C=O) groups is 1. The number of hydrogen-bond acceptors (Lipinski definition) is 6. The molecule has 0 amide bonds. The van der Waals surface area contributed by atoms with Crippen molar-refractivity contribution in [2.75, 3.05) is 18.5 Å². The molecule has 6 nitrogen and oxygen atoms in total. The smallest absolute Gasteiger partial charge is 0.341 e. The minimum Gasteiger partial charge on any atom is -0.505 e. The summed E-state index contributed by atoms with van der Waals surface area (Å²) in [6.45, 7) is 6.03. The molecule has 0 aliphatic heterocycles. The maximum Gasteiger partial charge on any atom is 0.341 e. The molecular weight excluding hydrogens is 325 g/mol. The fourth-order valence-corrected chi connectivity index (χ4v) is 2.53. The highest BCUT2D eigenvalue weighted by Gasteiger charge is 2.17. The van der Waals surface area contributed by atoms with Gasteiger partial charge in [0, 0.05) is 6.54 Å². The lowest BCUT2D eigenvalue weighted by atomic mass is 10.1. The summed E-state index contributed by atoms with van der Waals surface area (Å²) in [6, 6.07) is 4.58. The summed E-state index contributed by atoms with van der Waals surface area (Å²) in [5.74, 6) is -0.929. The summed E-state index contributed by atoms with van der Waals surface area (Å²) in [5, 5.41) is 12.4. The van der Waals surface area contributed by atoms with Gasteiger partial charge in [0.25, 0.3) is 0 Å². The monoisotopic (exact) mass is 347 g/mol. The van der Waals surface area contributed by atoms with Crippen LogP contribution in [0, 0.1) is 19.7 Å². The normalized spacial score (nSPS) is 10.6. The highest BCUT2D eigenvalue weighted by Crippen LogP contribution is 2.20. The zero-order chi connectivity index (χ0) is 18.4. The standard InChI is InChI=1S/C18H22FN3O3/c1-4-25-17(24)15-11(2)21-18(22-12(15)3)20-10-6-8-13-7-5-9-14(23)16(13)19/h5,7,9,23H,4,6,8,10H2,1-3H3,(H,20,21,22). The Balaban J connectivity index is 1.95. The maximum absolute atomic E-state index is 13.7. The second-order valence-corrected chi connectivity index (χ2v) is 5.59. The quantitative estimate of drug-likeness (QED) is 0.591. The molecule has 0 unspecified atom stereocenters. The van der Waals surface area contributed by atoms with Crippen molar-refractivity contribution < 1.29 is 19.0 Å². The largest absolute Gasteiger partial charge is 0.505 e. The van der Waals surface area contributed by atoms with Crippen molar-refractivity contribution in [1.82, 2.24) is 9.97 Å². The van der Waals surface area contributed by atoms with Crippen molar-refractivity contribution in [3.63, 3.8) is 0 Å². The van der Waals surface area contributed by atoms with Gasteiger partial charge < -0.3 is 15.2 Å². The first kappa shape index (κ1) is 18.6. The minimum absolute atomic E-state index is 0.295. The summed E-state index contributed by atoms with van der Waals surface area (Å²) >= 11 is 0. The van der Waals surface area contributed by atoms with Gasteiger partial charge in [0.1, 0.15) is 5.56 Å². The average Bonchev–Trinajstić information content (AvgIpc) is 2.55. The fraction of sp³-hybridized carbons (Fsp3) is 0.389. The van der Waals surface area contributed by atoms with Gasteiger partial charge in [-0.25, -0.2) is 19.2 Å². The third-order valence-electron chi connectivity index (χ3n) is 3.71. The predicted octanol–water partition coefficient (Wildman–Crippen LogP) is 3.16. The summed E-state index contributed by atoms with van der Waals surface area (Å²) in [4.78, 5) is 20.4. The molecule has 0 atom stereocenters. The molecular formula is C18H22FN3O3. The van der Waals surface area contributed by atoms with E-state index in [-0.39, 0.29) is 5.75 Å². The second-order valence-electron chi connectivity index (χ2n) is 5.59. The molecule has 25 heavy (non-hydrogen) atoms. The molecule has 0 bridgehead atoms. The summed E-state index contributed by atoms with van der Waals surface area (Å²) in [7, 11) is 0. The van der Waals surface area contributed by atoms with E-state index in [4.69, 9.17) is 4.74 Å². The van der Waals surface area contributed by atoms with Crippen LogP contribution in [-0.2, 0) is 11.2 Å².